The predicted octanol–water partition coefficient (Wildman–Crippen LogP) is 6.79. The van der Waals surface area contributed by atoms with Crippen LogP contribution in [-0.4, -0.2) is 23.9 Å². The minimum absolute atomic E-state index is 0.0368. The van der Waals surface area contributed by atoms with Crippen molar-refractivity contribution in [1.29, 1.82) is 0 Å². The molecule has 0 aromatic rings. The average molecular weight is 341 g/mol. The van der Waals surface area contributed by atoms with Crippen LogP contribution in [0, 0.1) is 0 Å². The number of unbranched alkanes of at least 4 members (excludes halogenated alkanes) is 13. The number of rotatable bonds is 19. The van der Waals surface area contributed by atoms with E-state index in [0.717, 1.165) is 19.4 Å². The summed E-state index contributed by atoms with van der Waals surface area (Å²) in [6, 6.07) is 0. The lowest BCUT2D eigenvalue weighted by molar-refractivity contribution is 0.147. The third kappa shape index (κ3) is 15.4. The lowest BCUT2D eigenvalue weighted by Gasteiger charge is -2.10. The molecule has 2 atom stereocenters. The molecule has 0 aromatic carbocycles. The molecule has 1 aliphatic rings. The molecule has 2 unspecified atom stereocenters. The Morgan fingerprint density at radius 2 is 1.12 bits per heavy atom. The summed E-state index contributed by atoms with van der Waals surface area (Å²) in [5.74, 6) is 0. The molecule has 1 fully saturated rings. The van der Waals surface area contributed by atoms with Crippen LogP contribution in [0.15, 0.2) is 0 Å². The summed E-state index contributed by atoms with van der Waals surface area (Å²) in [5, 5.41) is 10.0. The van der Waals surface area contributed by atoms with Crippen LogP contribution in [0.25, 0.3) is 0 Å². The lowest BCUT2D eigenvalue weighted by Crippen LogP contribution is -2.05. The predicted molar refractivity (Wildman–Crippen MR) is 105 cm³/mol. The third-order valence-electron chi connectivity index (χ3n) is 5.36. The Bertz CT molecular complexity index is 250. The summed E-state index contributed by atoms with van der Waals surface area (Å²) in [6.07, 6.45) is 24.1. The molecule has 2 heteroatoms. The standard InChI is InChI=1S/C22H44O2/c1-2-3-4-5-8-11-14-17-21(23)18-15-12-9-6-7-10-13-16-19-22-20-24-22/h21-23H,2-20H2,1H3. The SMILES string of the molecule is CCCCCCCCCC(O)CCCCCCCCCCC1CO1. The van der Waals surface area contributed by atoms with Gasteiger partial charge in [-0.1, -0.05) is 103 Å². The number of aliphatic hydroxyl groups is 1. The molecule has 0 spiro atoms. The largest absolute Gasteiger partial charge is 0.393 e. The number of hydrogen-bond donors (Lipinski definition) is 1. The second-order valence-electron chi connectivity index (χ2n) is 7.92. The first kappa shape index (κ1) is 22.0. The second-order valence-corrected chi connectivity index (χ2v) is 7.92. The van der Waals surface area contributed by atoms with Crippen molar-refractivity contribution in [3.8, 4) is 0 Å². The van der Waals surface area contributed by atoms with Crippen LogP contribution >= 0.6 is 0 Å². The fraction of sp³-hybridized carbons (Fsp3) is 1.00. The summed E-state index contributed by atoms with van der Waals surface area (Å²) in [7, 11) is 0. The maximum absolute atomic E-state index is 10.0. The fourth-order valence-electron chi connectivity index (χ4n) is 3.53. The van der Waals surface area contributed by atoms with E-state index in [-0.39, 0.29) is 6.10 Å². The molecule has 0 aromatic heterocycles. The molecule has 1 N–H and O–H groups in total. The van der Waals surface area contributed by atoms with Gasteiger partial charge >= 0.3 is 0 Å². The third-order valence-corrected chi connectivity index (χ3v) is 5.36. The topological polar surface area (TPSA) is 32.8 Å². The van der Waals surface area contributed by atoms with E-state index in [2.05, 4.69) is 6.92 Å². The molecule has 2 nitrogen and oxygen atoms in total. The van der Waals surface area contributed by atoms with Crippen LogP contribution in [0.5, 0.6) is 0 Å². The molecule has 144 valence electrons. The van der Waals surface area contributed by atoms with Gasteiger partial charge in [0, 0.05) is 0 Å². The first-order chi connectivity index (χ1) is 11.8. The first-order valence-electron chi connectivity index (χ1n) is 11.1. The zero-order valence-electron chi connectivity index (χ0n) is 16.4. The average Bonchev–Trinajstić information content (AvgIpc) is 3.40. The van der Waals surface area contributed by atoms with Gasteiger partial charge in [0.2, 0.25) is 0 Å². The van der Waals surface area contributed by atoms with Crippen LogP contribution in [0.1, 0.15) is 122 Å². The van der Waals surface area contributed by atoms with Crippen molar-refractivity contribution in [3.05, 3.63) is 0 Å². The van der Waals surface area contributed by atoms with Crippen molar-refractivity contribution >= 4 is 0 Å². The number of ether oxygens (including phenoxy) is 1. The van der Waals surface area contributed by atoms with Crippen LogP contribution in [0.3, 0.4) is 0 Å². The summed E-state index contributed by atoms with van der Waals surface area (Å²) in [6.45, 7) is 3.28. The highest BCUT2D eigenvalue weighted by Crippen LogP contribution is 2.18. The smallest absolute Gasteiger partial charge is 0.0810 e. The molecule has 1 saturated heterocycles. The molecule has 24 heavy (non-hydrogen) atoms. The quantitative estimate of drug-likeness (QED) is 0.207. The van der Waals surface area contributed by atoms with Gasteiger partial charge < -0.3 is 9.84 Å². The molecular weight excluding hydrogens is 296 g/mol. The maximum atomic E-state index is 10.0. The van der Waals surface area contributed by atoms with Crippen molar-refractivity contribution in [2.75, 3.05) is 6.61 Å². The van der Waals surface area contributed by atoms with Gasteiger partial charge in [0.25, 0.3) is 0 Å². The van der Waals surface area contributed by atoms with E-state index < -0.39 is 0 Å². The van der Waals surface area contributed by atoms with Gasteiger partial charge in [-0.25, -0.2) is 0 Å². The molecule has 1 rings (SSSR count). The first-order valence-corrected chi connectivity index (χ1v) is 11.1. The summed E-state index contributed by atoms with van der Waals surface area (Å²) in [5.41, 5.74) is 0. The lowest BCUT2D eigenvalue weighted by atomic mass is 10.0. The van der Waals surface area contributed by atoms with Crippen molar-refractivity contribution in [3.63, 3.8) is 0 Å². The van der Waals surface area contributed by atoms with Crippen molar-refractivity contribution in [2.24, 2.45) is 0 Å². The Morgan fingerprint density at radius 3 is 1.58 bits per heavy atom. The highest BCUT2D eigenvalue weighted by molar-refractivity contribution is 4.68. The molecular formula is C22H44O2. The summed E-state index contributed by atoms with van der Waals surface area (Å²) >= 11 is 0. The van der Waals surface area contributed by atoms with E-state index in [9.17, 15) is 5.11 Å². The van der Waals surface area contributed by atoms with E-state index >= 15 is 0 Å². The Kier molecular flexibility index (Phi) is 15.0. The van der Waals surface area contributed by atoms with E-state index in [4.69, 9.17) is 4.74 Å². The van der Waals surface area contributed by atoms with Gasteiger partial charge in [-0.05, 0) is 19.3 Å². The van der Waals surface area contributed by atoms with E-state index in [1.807, 2.05) is 0 Å². The molecule has 0 amide bonds. The summed E-state index contributed by atoms with van der Waals surface area (Å²) < 4.78 is 5.23. The number of hydrogen-bond acceptors (Lipinski definition) is 2. The van der Waals surface area contributed by atoms with Crippen molar-refractivity contribution in [1.82, 2.24) is 0 Å². The number of aliphatic hydroxyl groups excluding tert-OH is 1. The van der Waals surface area contributed by atoms with Gasteiger partial charge in [0.05, 0.1) is 18.8 Å². The Hall–Kier alpha value is -0.0800. The van der Waals surface area contributed by atoms with Gasteiger partial charge in [-0.3, -0.25) is 0 Å². The zero-order chi connectivity index (χ0) is 17.3. The van der Waals surface area contributed by atoms with Gasteiger partial charge in [0.15, 0.2) is 0 Å². The maximum Gasteiger partial charge on any atom is 0.0810 e. The highest BCUT2D eigenvalue weighted by atomic mass is 16.6. The molecule has 0 aliphatic carbocycles. The fourth-order valence-corrected chi connectivity index (χ4v) is 3.53. The summed E-state index contributed by atoms with van der Waals surface area (Å²) in [4.78, 5) is 0. The normalized spacial score (nSPS) is 18.0. The minimum atomic E-state index is -0.0368. The second kappa shape index (κ2) is 16.4. The minimum Gasteiger partial charge on any atom is -0.393 e. The van der Waals surface area contributed by atoms with Crippen LogP contribution in [-0.2, 0) is 4.74 Å². The zero-order valence-corrected chi connectivity index (χ0v) is 16.4. The van der Waals surface area contributed by atoms with E-state index in [1.54, 1.807) is 0 Å². The highest BCUT2D eigenvalue weighted by Gasteiger charge is 2.20. The number of epoxide rings is 1. The molecule has 1 heterocycles. The molecule has 0 bridgehead atoms. The van der Waals surface area contributed by atoms with Crippen molar-refractivity contribution in [2.45, 2.75) is 135 Å². The van der Waals surface area contributed by atoms with Crippen LogP contribution < -0.4 is 0 Å². The monoisotopic (exact) mass is 340 g/mol. The Morgan fingerprint density at radius 1 is 0.708 bits per heavy atom. The van der Waals surface area contributed by atoms with Gasteiger partial charge in [-0.2, -0.15) is 0 Å². The van der Waals surface area contributed by atoms with Crippen LogP contribution in [0.4, 0.5) is 0 Å². The van der Waals surface area contributed by atoms with E-state index in [1.165, 1.54) is 103 Å². The Balaban J connectivity index is 1.68. The molecule has 0 radical (unpaired) electrons. The van der Waals surface area contributed by atoms with Gasteiger partial charge in [0.1, 0.15) is 0 Å². The van der Waals surface area contributed by atoms with E-state index in [0.29, 0.717) is 6.10 Å². The molecule has 0 saturated carbocycles. The Labute approximate surface area is 151 Å². The van der Waals surface area contributed by atoms with Gasteiger partial charge in [-0.15, -0.1) is 0 Å². The van der Waals surface area contributed by atoms with Crippen LogP contribution in [0.2, 0.25) is 0 Å². The molecule has 1 aliphatic heterocycles. The van der Waals surface area contributed by atoms with Crippen molar-refractivity contribution < 1.29 is 9.84 Å².